The van der Waals surface area contributed by atoms with E-state index in [0.717, 1.165) is 0 Å². The van der Waals surface area contributed by atoms with Crippen molar-refractivity contribution in [1.82, 2.24) is 0 Å². The van der Waals surface area contributed by atoms with Crippen molar-refractivity contribution in [3.63, 3.8) is 0 Å². The second-order valence-electron chi connectivity index (χ2n) is 1.42. The highest BCUT2D eigenvalue weighted by Gasteiger charge is 2.15. The molecule has 1 atom stereocenters. The number of carboxylic acid groups (broad SMARTS) is 1. The quantitative estimate of drug-likeness (QED) is 0.482. The molecule has 0 heterocycles. The molecule has 0 fully saturated rings. The molecule has 0 rings (SSSR count). The number of aliphatic carboxylic acids is 1. The van der Waals surface area contributed by atoms with E-state index in [4.69, 9.17) is 5.11 Å². The van der Waals surface area contributed by atoms with Gasteiger partial charge in [-0.25, -0.2) is 10.7 Å². The lowest BCUT2D eigenvalue weighted by atomic mass is 10.4. The van der Waals surface area contributed by atoms with Gasteiger partial charge in [0.15, 0.2) is 6.10 Å². The Morgan fingerprint density at radius 2 is 2.44 bits per heavy atom. The summed E-state index contributed by atoms with van der Waals surface area (Å²) in [6.45, 7) is -0.0359. The zero-order chi connectivity index (χ0) is 7.28. The van der Waals surface area contributed by atoms with Crippen molar-refractivity contribution in [2.45, 2.75) is 6.10 Å². The van der Waals surface area contributed by atoms with Gasteiger partial charge in [0, 0.05) is 7.11 Å². The minimum atomic E-state index is -1.13. The Labute approximate surface area is 52.3 Å². The fraction of sp³-hybridized carbons (Fsp3) is 0.750. The molecule has 0 radical (unpaired) electrons. The van der Waals surface area contributed by atoms with Crippen molar-refractivity contribution in [1.29, 1.82) is 0 Å². The molecule has 0 aromatic heterocycles. The van der Waals surface area contributed by atoms with Gasteiger partial charge in [-0.2, -0.15) is 0 Å². The SMILES string of the molecule is COC[C@@H](ON)C(=O)O. The molecule has 5 nitrogen and oxygen atoms in total. The number of ether oxygens (including phenoxy) is 1. The molecule has 0 spiro atoms. The summed E-state index contributed by atoms with van der Waals surface area (Å²) in [5.74, 6) is 3.47. The molecule has 5 heteroatoms. The molecule has 0 aliphatic heterocycles. The van der Waals surface area contributed by atoms with E-state index in [9.17, 15) is 4.79 Å². The maximum atomic E-state index is 10.0. The van der Waals surface area contributed by atoms with Crippen LogP contribution in [0.3, 0.4) is 0 Å². The molecule has 0 bridgehead atoms. The zero-order valence-electron chi connectivity index (χ0n) is 5.03. The number of hydrogen-bond donors (Lipinski definition) is 2. The van der Waals surface area contributed by atoms with Crippen molar-refractivity contribution >= 4 is 5.97 Å². The van der Waals surface area contributed by atoms with Gasteiger partial charge < -0.3 is 9.84 Å². The normalized spacial score (nSPS) is 13.1. The molecular formula is C4H9NO4. The number of nitrogens with two attached hydrogens (primary N) is 1. The van der Waals surface area contributed by atoms with E-state index in [-0.39, 0.29) is 6.61 Å². The van der Waals surface area contributed by atoms with Crippen LogP contribution in [0.2, 0.25) is 0 Å². The van der Waals surface area contributed by atoms with Gasteiger partial charge in [0.2, 0.25) is 0 Å². The first-order valence-electron chi connectivity index (χ1n) is 2.29. The molecule has 0 unspecified atom stereocenters. The summed E-state index contributed by atoms with van der Waals surface area (Å²) in [6.07, 6.45) is -1.06. The molecule has 0 saturated heterocycles. The smallest absolute Gasteiger partial charge is 0.337 e. The monoisotopic (exact) mass is 135 g/mol. The second kappa shape index (κ2) is 4.25. The molecule has 3 N–H and O–H groups in total. The highest BCUT2D eigenvalue weighted by molar-refractivity contribution is 5.72. The van der Waals surface area contributed by atoms with Crippen LogP contribution >= 0.6 is 0 Å². The summed E-state index contributed by atoms with van der Waals surface area (Å²) in [7, 11) is 1.37. The molecule has 0 amide bonds. The van der Waals surface area contributed by atoms with Crippen LogP contribution in [0.4, 0.5) is 0 Å². The molecule has 54 valence electrons. The Kier molecular flexibility index (Phi) is 3.94. The van der Waals surface area contributed by atoms with E-state index in [1.165, 1.54) is 7.11 Å². The second-order valence-corrected chi connectivity index (χ2v) is 1.42. The van der Waals surface area contributed by atoms with Crippen LogP contribution in [0.1, 0.15) is 0 Å². The number of carbonyl (C=O) groups is 1. The first-order chi connectivity index (χ1) is 4.22. The highest BCUT2D eigenvalue weighted by Crippen LogP contribution is 1.86. The van der Waals surface area contributed by atoms with Gasteiger partial charge in [-0.3, -0.25) is 4.84 Å². The van der Waals surface area contributed by atoms with Crippen molar-refractivity contribution in [3.8, 4) is 0 Å². The third-order valence-electron chi connectivity index (χ3n) is 0.758. The number of methoxy groups -OCH3 is 1. The standard InChI is InChI=1S/C4H9NO4/c1-8-2-3(9-5)4(6)7/h3H,2,5H2,1H3,(H,6,7)/t3-/m1/s1. The minimum absolute atomic E-state index is 0.0359. The van der Waals surface area contributed by atoms with Gasteiger partial charge >= 0.3 is 5.97 Å². The summed E-state index contributed by atoms with van der Waals surface area (Å²) in [5.41, 5.74) is 0. The van der Waals surface area contributed by atoms with Crippen LogP contribution in [0.15, 0.2) is 0 Å². The van der Waals surface area contributed by atoms with Crippen molar-refractivity contribution in [2.24, 2.45) is 5.90 Å². The number of carboxylic acids is 1. The molecule has 0 aromatic carbocycles. The van der Waals surface area contributed by atoms with Crippen LogP contribution < -0.4 is 5.90 Å². The maximum absolute atomic E-state index is 10.0. The van der Waals surface area contributed by atoms with Gasteiger partial charge in [0.1, 0.15) is 0 Å². The molecule has 0 aromatic rings. The van der Waals surface area contributed by atoms with Crippen LogP contribution in [-0.2, 0) is 14.4 Å². The van der Waals surface area contributed by atoms with Crippen LogP contribution in [-0.4, -0.2) is 30.9 Å². The maximum Gasteiger partial charge on any atom is 0.337 e. The fourth-order valence-electron chi connectivity index (χ4n) is 0.320. The summed E-state index contributed by atoms with van der Waals surface area (Å²) in [6, 6.07) is 0. The van der Waals surface area contributed by atoms with Crippen molar-refractivity contribution in [3.05, 3.63) is 0 Å². The topological polar surface area (TPSA) is 81.8 Å². The summed E-state index contributed by atoms with van der Waals surface area (Å²) >= 11 is 0. The number of hydrogen-bond acceptors (Lipinski definition) is 4. The van der Waals surface area contributed by atoms with E-state index < -0.39 is 12.1 Å². The lowest BCUT2D eigenvalue weighted by Gasteiger charge is -2.06. The van der Waals surface area contributed by atoms with E-state index in [1.54, 1.807) is 0 Å². The third-order valence-corrected chi connectivity index (χ3v) is 0.758. The van der Waals surface area contributed by atoms with E-state index in [1.807, 2.05) is 0 Å². The lowest BCUT2D eigenvalue weighted by molar-refractivity contribution is -0.154. The summed E-state index contributed by atoms with van der Waals surface area (Å²) < 4.78 is 4.47. The van der Waals surface area contributed by atoms with Gasteiger partial charge in [-0.1, -0.05) is 0 Å². The average molecular weight is 135 g/mol. The summed E-state index contributed by atoms with van der Waals surface area (Å²) in [4.78, 5) is 14.1. The highest BCUT2D eigenvalue weighted by atomic mass is 16.6. The van der Waals surface area contributed by atoms with E-state index >= 15 is 0 Å². The molecule has 0 aliphatic carbocycles. The lowest BCUT2D eigenvalue weighted by Crippen LogP contribution is -2.31. The Hall–Kier alpha value is -0.650. The fourth-order valence-corrected chi connectivity index (χ4v) is 0.320. The Morgan fingerprint density at radius 3 is 2.56 bits per heavy atom. The molecule has 0 saturated carbocycles. The largest absolute Gasteiger partial charge is 0.479 e. The van der Waals surface area contributed by atoms with E-state index in [0.29, 0.717) is 0 Å². The Morgan fingerprint density at radius 1 is 1.89 bits per heavy atom. The van der Waals surface area contributed by atoms with Gasteiger partial charge in [0.05, 0.1) is 6.61 Å². The van der Waals surface area contributed by atoms with Crippen LogP contribution in [0.5, 0.6) is 0 Å². The number of rotatable bonds is 4. The third kappa shape index (κ3) is 3.02. The summed E-state index contributed by atoms with van der Waals surface area (Å²) in [5, 5.41) is 8.22. The Balaban J connectivity index is 3.54. The first kappa shape index (κ1) is 8.35. The molecule has 0 aliphatic rings. The molecule has 9 heavy (non-hydrogen) atoms. The van der Waals surface area contributed by atoms with Crippen molar-refractivity contribution < 1.29 is 19.5 Å². The van der Waals surface area contributed by atoms with Gasteiger partial charge in [0.25, 0.3) is 0 Å². The van der Waals surface area contributed by atoms with Crippen LogP contribution in [0.25, 0.3) is 0 Å². The predicted octanol–water partition coefficient (Wildman–Crippen LogP) is -1.02. The minimum Gasteiger partial charge on any atom is -0.479 e. The Bertz CT molecular complexity index is 94.6. The average Bonchev–Trinajstić information content (AvgIpc) is 1.82. The molecular weight excluding hydrogens is 126 g/mol. The van der Waals surface area contributed by atoms with Gasteiger partial charge in [-0.15, -0.1) is 0 Å². The first-order valence-corrected chi connectivity index (χ1v) is 2.29. The van der Waals surface area contributed by atoms with Gasteiger partial charge in [-0.05, 0) is 0 Å². The van der Waals surface area contributed by atoms with E-state index in [2.05, 4.69) is 15.5 Å². The van der Waals surface area contributed by atoms with Crippen LogP contribution in [0, 0.1) is 0 Å². The van der Waals surface area contributed by atoms with Crippen molar-refractivity contribution in [2.75, 3.05) is 13.7 Å². The zero-order valence-corrected chi connectivity index (χ0v) is 5.03. The predicted molar refractivity (Wildman–Crippen MR) is 28.6 cm³/mol.